The van der Waals surface area contributed by atoms with Crippen LogP contribution in [0.4, 0.5) is 0 Å². The Bertz CT molecular complexity index is 266. The first-order chi connectivity index (χ1) is 10.1. The molecule has 0 aliphatic carbocycles. The maximum atomic E-state index is 9.87. The lowest BCUT2D eigenvalue weighted by molar-refractivity contribution is -0.145. The van der Waals surface area contributed by atoms with Crippen LogP contribution in [0.15, 0.2) is 0 Å². The lowest BCUT2D eigenvalue weighted by Crippen LogP contribution is -2.62. The number of hydrogen-bond donors (Lipinski definition) is 5. The maximum absolute atomic E-state index is 9.87. The molecule has 1 heterocycles. The summed E-state index contributed by atoms with van der Waals surface area (Å²) < 4.78 is 0. The van der Waals surface area contributed by atoms with E-state index in [0.717, 1.165) is 44.9 Å². The van der Waals surface area contributed by atoms with Crippen LogP contribution in [0.25, 0.3) is 0 Å². The fourth-order valence-electron chi connectivity index (χ4n) is 2.95. The third-order valence-electron chi connectivity index (χ3n) is 4.32. The average molecular weight is 305 g/mol. The van der Waals surface area contributed by atoms with E-state index in [2.05, 4.69) is 0 Å². The fourth-order valence-corrected chi connectivity index (χ4v) is 2.95. The molecule has 5 N–H and O–H groups in total. The predicted molar refractivity (Wildman–Crippen MR) is 79.9 cm³/mol. The molecule has 0 radical (unpaired) electrons. The molecule has 0 aromatic rings. The van der Waals surface area contributed by atoms with Crippen LogP contribution in [0, 0.1) is 0 Å². The third-order valence-corrected chi connectivity index (χ3v) is 4.32. The highest BCUT2D eigenvalue weighted by atomic mass is 16.4. The predicted octanol–water partition coefficient (Wildman–Crippen LogP) is -0.531. The smallest absolute Gasteiger partial charge is 0.109 e. The van der Waals surface area contributed by atoms with Crippen molar-refractivity contribution >= 4 is 0 Å². The molecule has 6 heteroatoms. The molecular weight excluding hydrogens is 274 g/mol. The first-order valence-corrected chi connectivity index (χ1v) is 8.11. The van der Waals surface area contributed by atoms with Crippen molar-refractivity contribution in [1.82, 2.24) is 4.90 Å². The van der Waals surface area contributed by atoms with E-state index >= 15 is 0 Å². The number of piperidine rings is 1. The molecule has 0 spiro atoms. The second-order valence-corrected chi connectivity index (χ2v) is 5.99. The van der Waals surface area contributed by atoms with Gasteiger partial charge in [-0.25, -0.2) is 0 Å². The summed E-state index contributed by atoms with van der Waals surface area (Å²) >= 11 is 0. The van der Waals surface area contributed by atoms with Gasteiger partial charge in [0, 0.05) is 13.2 Å². The molecule has 0 saturated carbocycles. The largest absolute Gasteiger partial charge is 0.396 e. The summed E-state index contributed by atoms with van der Waals surface area (Å²) in [6, 6.07) is -0.493. The molecule has 6 nitrogen and oxygen atoms in total. The highest BCUT2D eigenvalue weighted by molar-refractivity contribution is 4.93. The highest BCUT2D eigenvalue weighted by Crippen LogP contribution is 2.19. The zero-order valence-corrected chi connectivity index (χ0v) is 12.8. The maximum Gasteiger partial charge on any atom is 0.109 e. The normalized spacial score (nSPS) is 30.7. The van der Waals surface area contributed by atoms with Crippen molar-refractivity contribution in [2.45, 2.75) is 69.3 Å². The van der Waals surface area contributed by atoms with Crippen LogP contribution in [0.5, 0.6) is 0 Å². The van der Waals surface area contributed by atoms with E-state index in [1.165, 1.54) is 0 Å². The molecular formula is C15H31NO5. The summed E-state index contributed by atoms with van der Waals surface area (Å²) in [5.74, 6) is 0. The Morgan fingerprint density at radius 3 is 1.90 bits per heavy atom. The van der Waals surface area contributed by atoms with Crippen molar-refractivity contribution in [1.29, 1.82) is 0 Å². The van der Waals surface area contributed by atoms with E-state index in [-0.39, 0.29) is 13.2 Å². The zero-order chi connectivity index (χ0) is 15.7. The standard InChI is InChI=1S/C15H31NO5/c17-9-7-5-3-1-2-4-6-8-16-10-13(19)15(21)14(20)12(16)11-18/h12-15,17-21H,1-11H2/t12-,13+,14-,15-/m1/s1. The van der Waals surface area contributed by atoms with Gasteiger partial charge in [0.2, 0.25) is 0 Å². The molecule has 1 aliphatic heterocycles. The lowest BCUT2D eigenvalue weighted by Gasteiger charge is -2.43. The number of rotatable bonds is 10. The summed E-state index contributed by atoms with van der Waals surface area (Å²) in [6.45, 7) is 1.06. The summed E-state index contributed by atoms with van der Waals surface area (Å²) in [6.07, 6.45) is 4.19. The number of unbranched alkanes of at least 4 members (excludes halogenated alkanes) is 6. The van der Waals surface area contributed by atoms with Crippen LogP contribution in [-0.4, -0.2) is 81.1 Å². The van der Waals surface area contributed by atoms with Gasteiger partial charge in [0.1, 0.15) is 12.2 Å². The van der Waals surface area contributed by atoms with Crippen LogP contribution in [0.1, 0.15) is 44.9 Å². The number of likely N-dealkylation sites (tertiary alicyclic amines) is 1. The van der Waals surface area contributed by atoms with Gasteiger partial charge in [-0.1, -0.05) is 32.1 Å². The summed E-state index contributed by atoms with van der Waals surface area (Å²) in [5, 5.41) is 47.2. The number of nitrogens with zero attached hydrogens (tertiary/aromatic N) is 1. The Morgan fingerprint density at radius 2 is 1.33 bits per heavy atom. The zero-order valence-electron chi connectivity index (χ0n) is 12.8. The molecule has 1 saturated heterocycles. The molecule has 0 aromatic carbocycles. The fraction of sp³-hybridized carbons (Fsp3) is 1.00. The van der Waals surface area contributed by atoms with E-state index in [0.29, 0.717) is 13.1 Å². The van der Waals surface area contributed by atoms with Crippen molar-refractivity contribution in [3.63, 3.8) is 0 Å². The number of β-amino-alcohol motifs (C(OH)–C–C–N with tert-alkyl or cyclic N) is 1. The summed E-state index contributed by atoms with van der Waals surface area (Å²) in [4.78, 5) is 1.87. The molecule has 0 unspecified atom stereocenters. The number of aliphatic hydroxyl groups is 5. The van der Waals surface area contributed by atoms with E-state index in [9.17, 15) is 20.4 Å². The van der Waals surface area contributed by atoms with Crippen molar-refractivity contribution < 1.29 is 25.5 Å². The van der Waals surface area contributed by atoms with Crippen molar-refractivity contribution in [2.75, 3.05) is 26.3 Å². The minimum atomic E-state index is -1.18. The monoisotopic (exact) mass is 305 g/mol. The van der Waals surface area contributed by atoms with E-state index < -0.39 is 24.4 Å². The molecule has 0 bridgehead atoms. The Labute approximate surface area is 127 Å². The van der Waals surface area contributed by atoms with E-state index in [4.69, 9.17) is 5.11 Å². The first-order valence-electron chi connectivity index (χ1n) is 8.11. The molecule has 21 heavy (non-hydrogen) atoms. The second kappa shape index (κ2) is 10.5. The topological polar surface area (TPSA) is 104 Å². The average Bonchev–Trinajstić information content (AvgIpc) is 2.48. The van der Waals surface area contributed by atoms with E-state index in [1.807, 2.05) is 4.90 Å². The molecule has 126 valence electrons. The molecule has 4 atom stereocenters. The Hall–Kier alpha value is -0.240. The van der Waals surface area contributed by atoms with Crippen LogP contribution < -0.4 is 0 Å². The van der Waals surface area contributed by atoms with Crippen LogP contribution in [0.3, 0.4) is 0 Å². The Kier molecular flexibility index (Phi) is 9.39. The van der Waals surface area contributed by atoms with Gasteiger partial charge in [0.15, 0.2) is 0 Å². The van der Waals surface area contributed by atoms with Crippen molar-refractivity contribution in [3.8, 4) is 0 Å². The van der Waals surface area contributed by atoms with Crippen LogP contribution in [0.2, 0.25) is 0 Å². The summed E-state index contributed by atoms with van der Waals surface area (Å²) in [5.41, 5.74) is 0. The SMILES string of the molecule is OCCCCCCCCCN1C[C@H](O)[C@@H](O)[C@H](O)[C@H]1CO. The number of aliphatic hydroxyl groups excluding tert-OH is 5. The van der Waals surface area contributed by atoms with Crippen LogP contribution >= 0.6 is 0 Å². The van der Waals surface area contributed by atoms with Crippen LogP contribution in [-0.2, 0) is 0 Å². The van der Waals surface area contributed by atoms with Crippen molar-refractivity contribution in [3.05, 3.63) is 0 Å². The van der Waals surface area contributed by atoms with Gasteiger partial charge >= 0.3 is 0 Å². The Balaban J connectivity index is 2.18. The van der Waals surface area contributed by atoms with Gasteiger partial charge in [-0.2, -0.15) is 0 Å². The van der Waals surface area contributed by atoms with Gasteiger partial charge in [0.05, 0.1) is 18.8 Å². The van der Waals surface area contributed by atoms with Gasteiger partial charge < -0.3 is 25.5 Å². The third kappa shape index (κ3) is 6.18. The quantitative estimate of drug-likeness (QED) is 0.348. The van der Waals surface area contributed by atoms with Gasteiger partial charge in [-0.15, -0.1) is 0 Å². The summed E-state index contributed by atoms with van der Waals surface area (Å²) in [7, 11) is 0. The molecule has 1 fully saturated rings. The Morgan fingerprint density at radius 1 is 0.762 bits per heavy atom. The molecule has 0 aromatic heterocycles. The van der Waals surface area contributed by atoms with Gasteiger partial charge in [-0.3, -0.25) is 4.90 Å². The lowest BCUT2D eigenvalue weighted by atomic mass is 9.94. The minimum Gasteiger partial charge on any atom is -0.396 e. The molecule has 0 amide bonds. The van der Waals surface area contributed by atoms with E-state index in [1.54, 1.807) is 0 Å². The van der Waals surface area contributed by atoms with Crippen molar-refractivity contribution in [2.24, 2.45) is 0 Å². The minimum absolute atomic E-state index is 0.216. The first kappa shape index (κ1) is 18.8. The van der Waals surface area contributed by atoms with Gasteiger partial charge in [0.25, 0.3) is 0 Å². The van der Waals surface area contributed by atoms with Gasteiger partial charge in [-0.05, 0) is 19.4 Å². The second-order valence-electron chi connectivity index (χ2n) is 5.99. The highest BCUT2D eigenvalue weighted by Gasteiger charge is 2.40. The molecule has 1 aliphatic rings. The number of hydrogen-bond acceptors (Lipinski definition) is 6. The molecule has 1 rings (SSSR count).